The molecule has 0 bridgehead atoms. The van der Waals surface area contributed by atoms with Gasteiger partial charge in [0.1, 0.15) is 12.3 Å². The monoisotopic (exact) mass is 478 g/mol. The van der Waals surface area contributed by atoms with E-state index in [1.807, 2.05) is 19.1 Å². The number of carbonyl (C=O) groups excluding carboxylic acids is 1. The zero-order chi connectivity index (χ0) is 22.8. The van der Waals surface area contributed by atoms with Crippen LogP contribution in [0.3, 0.4) is 0 Å². The topological polar surface area (TPSA) is 50.6 Å². The molecule has 1 aliphatic heterocycles. The molecule has 1 saturated heterocycles. The van der Waals surface area contributed by atoms with E-state index in [-0.39, 0.29) is 18.1 Å². The van der Waals surface area contributed by atoms with Crippen LogP contribution in [0, 0.1) is 0 Å². The van der Waals surface area contributed by atoms with Crippen LogP contribution in [0.15, 0.2) is 18.2 Å². The Morgan fingerprint density at radius 2 is 1.87 bits per heavy atom. The average Bonchev–Trinajstić information content (AvgIpc) is 3.04. The molecule has 11 heteroatoms. The lowest BCUT2D eigenvalue weighted by Crippen LogP contribution is -2.49. The predicted molar refractivity (Wildman–Crippen MR) is 113 cm³/mol. The van der Waals surface area contributed by atoms with Gasteiger partial charge in [0.25, 0.3) is 0 Å². The Morgan fingerprint density at radius 1 is 1.19 bits per heavy atom. The van der Waals surface area contributed by atoms with Crippen molar-refractivity contribution in [1.82, 2.24) is 14.7 Å². The summed E-state index contributed by atoms with van der Waals surface area (Å²) in [5.74, 6) is 0.274. The van der Waals surface area contributed by atoms with Crippen LogP contribution < -0.4 is 9.64 Å². The highest BCUT2D eigenvalue weighted by Crippen LogP contribution is 2.36. The molecule has 0 radical (unpaired) electrons. The fourth-order valence-corrected chi connectivity index (χ4v) is 4.08. The van der Waals surface area contributed by atoms with Crippen molar-refractivity contribution < 1.29 is 22.7 Å². The van der Waals surface area contributed by atoms with Gasteiger partial charge in [-0.2, -0.15) is 18.3 Å². The van der Waals surface area contributed by atoms with Crippen molar-refractivity contribution >= 4 is 34.8 Å². The molecule has 0 saturated carbocycles. The maximum atomic E-state index is 13.2. The van der Waals surface area contributed by atoms with Gasteiger partial charge >= 0.3 is 6.18 Å². The number of rotatable bonds is 6. The average molecular weight is 479 g/mol. The molecule has 1 aromatic carbocycles. The first-order valence-electron chi connectivity index (χ1n) is 9.84. The van der Waals surface area contributed by atoms with Gasteiger partial charge in [0.15, 0.2) is 5.69 Å². The van der Waals surface area contributed by atoms with Crippen LogP contribution >= 0.6 is 23.2 Å². The highest BCUT2D eigenvalue weighted by Gasteiger charge is 2.39. The number of halogens is 5. The Hall–Kier alpha value is -2.13. The number of hydrogen-bond donors (Lipinski definition) is 0. The molecule has 2 aromatic rings. The van der Waals surface area contributed by atoms with Gasteiger partial charge in [0.05, 0.1) is 22.8 Å². The lowest BCUT2D eigenvalue weighted by Gasteiger charge is -2.36. The number of methoxy groups -OCH3 is 1. The van der Waals surface area contributed by atoms with Crippen LogP contribution in [-0.4, -0.2) is 53.9 Å². The van der Waals surface area contributed by atoms with Crippen LogP contribution in [0.25, 0.3) is 0 Å². The van der Waals surface area contributed by atoms with E-state index in [1.54, 1.807) is 18.1 Å². The summed E-state index contributed by atoms with van der Waals surface area (Å²) in [6, 6.07) is 5.47. The number of alkyl halides is 3. The second-order valence-electron chi connectivity index (χ2n) is 7.20. The van der Waals surface area contributed by atoms with Gasteiger partial charge < -0.3 is 14.5 Å². The summed E-state index contributed by atoms with van der Waals surface area (Å²) in [5, 5.41) is 3.69. The minimum Gasteiger partial charge on any atom is -0.495 e. The predicted octanol–water partition coefficient (Wildman–Crippen LogP) is 4.52. The van der Waals surface area contributed by atoms with Crippen molar-refractivity contribution in [3.8, 4) is 5.75 Å². The van der Waals surface area contributed by atoms with Crippen molar-refractivity contribution in [1.29, 1.82) is 0 Å². The molecule has 31 heavy (non-hydrogen) atoms. The molecule has 2 heterocycles. The zero-order valence-corrected chi connectivity index (χ0v) is 18.7. The van der Waals surface area contributed by atoms with Gasteiger partial charge in [-0.3, -0.25) is 9.48 Å². The highest BCUT2D eigenvalue weighted by atomic mass is 35.5. The molecule has 6 nitrogen and oxygen atoms in total. The van der Waals surface area contributed by atoms with E-state index in [2.05, 4.69) is 10.00 Å². The third-order valence-electron chi connectivity index (χ3n) is 5.17. The Balaban J connectivity index is 1.68. The number of ether oxygens (including phenoxy) is 1. The number of benzene rings is 1. The van der Waals surface area contributed by atoms with Crippen LogP contribution in [0.5, 0.6) is 5.75 Å². The van der Waals surface area contributed by atoms with E-state index < -0.39 is 16.9 Å². The summed E-state index contributed by atoms with van der Waals surface area (Å²) < 4.78 is 45.9. The number of nitrogens with zero attached hydrogens (tertiary/aromatic N) is 4. The number of amides is 1. The molecule has 0 N–H and O–H groups in total. The van der Waals surface area contributed by atoms with Gasteiger partial charge in [-0.05, 0) is 18.6 Å². The van der Waals surface area contributed by atoms with E-state index in [4.69, 9.17) is 27.9 Å². The molecule has 0 unspecified atom stereocenters. The summed E-state index contributed by atoms with van der Waals surface area (Å²) in [7, 11) is 1.54. The van der Waals surface area contributed by atoms with E-state index >= 15 is 0 Å². The van der Waals surface area contributed by atoms with Crippen LogP contribution in [0.1, 0.15) is 24.7 Å². The Bertz CT molecular complexity index is 941. The van der Waals surface area contributed by atoms with Gasteiger partial charge in [0, 0.05) is 37.9 Å². The number of anilines is 1. The van der Waals surface area contributed by atoms with Crippen LogP contribution in [0.4, 0.5) is 18.9 Å². The minimum atomic E-state index is -4.67. The zero-order valence-electron chi connectivity index (χ0n) is 17.2. The summed E-state index contributed by atoms with van der Waals surface area (Å²) in [4.78, 5) is 16.5. The summed E-state index contributed by atoms with van der Waals surface area (Å²) in [6.07, 6.45) is -3.78. The fraction of sp³-hybridized carbons (Fsp3) is 0.500. The third kappa shape index (κ3) is 5.20. The first kappa shape index (κ1) is 23.5. The van der Waals surface area contributed by atoms with Crippen molar-refractivity contribution in [2.75, 3.05) is 38.2 Å². The number of carbonyl (C=O) groups is 1. The van der Waals surface area contributed by atoms with Gasteiger partial charge in [-0.1, -0.05) is 36.5 Å². The molecule has 0 aliphatic carbocycles. The standard InChI is InChI=1S/C20H23Cl2F3N4O2/c1-3-4-15-18(22)19(20(23,24)25)26-29(15)12-17(30)28-9-7-27(8-10-28)13-5-6-14(21)16(11-13)31-2/h5-6,11H,3-4,7-10,12H2,1-2H3. The first-order chi connectivity index (χ1) is 14.7. The molecule has 0 atom stereocenters. The molecule has 1 amide bonds. The van der Waals surface area contributed by atoms with E-state index in [0.29, 0.717) is 49.8 Å². The quantitative estimate of drug-likeness (QED) is 0.612. The second kappa shape index (κ2) is 9.56. The van der Waals surface area contributed by atoms with E-state index in [9.17, 15) is 18.0 Å². The molecule has 1 aromatic heterocycles. The molecule has 170 valence electrons. The molecular formula is C20H23Cl2F3N4O2. The smallest absolute Gasteiger partial charge is 0.436 e. The molecular weight excluding hydrogens is 456 g/mol. The van der Waals surface area contributed by atoms with E-state index in [1.165, 1.54) is 0 Å². The third-order valence-corrected chi connectivity index (χ3v) is 5.88. The summed E-state index contributed by atoms with van der Waals surface area (Å²) in [5.41, 5.74) is 0.0101. The fourth-order valence-electron chi connectivity index (χ4n) is 3.55. The highest BCUT2D eigenvalue weighted by molar-refractivity contribution is 6.32. The Kier molecular flexibility index (Phi) is 7.26. The minimum absolute atomic E-state index is 0.233. The maximum Gasteiger partial charge on any atom is 0.436 e. The lowest BCUT2D eigenvalue weighted by molar-refractivity contribution is -0.142. The van der Waals surface area contributed by atoms with Crippen LogP contribution in [0.2, 0.25) is 10.0 Å². The van der Waals surface area contributed by atoms with Crippen molar-refractivity contribution in [2.45, 2.75) is 32.5 Å². The number of hydrogen-bond acceptors (Lipinski definition) is 4. The van der Waals surface area contributed by atoms with Crippen molar-refractivity contribution in [2.24, 2.45) is 0 Å². The van der Waals surface area contributed by atoms with Gasteiger partial charge in [0.2, 0.25) is 5.91 Å². The summed E-state index contributed by atoms with van der Waals surface area (Å²) in [6.45, 7) is 3.58. The molecule has 1 fully saturated rings. The van der Waals surface area contributed by atoms with Crippen molar-refractivity contribution in [3.05, 3.63) is 39.6 Å². The van der Waals surface area contributed by atoms with Gasteiger partial charge in [-0.25, -0.2) is 0 Å². The maximum absolute atomic E-state index is 13.2. The van der Waals surface area contributed by atoms with E-state index in [0.717, 1.165) is 10.4 Å². The number of aromatic nitrogens is 2. The summed E-state index contributed by atoms with van der Waals surface area (Å²) >= 11 is 12.0. The Morgan fingerprint density at radius 3 is 2.45 bits per heavy atom. The Labute approximate surface area is 188 Å². The van der Waals surface area contributed by atoms with Crippen LogP contribution in [-0.2, 0) is 23.9 Å². The lowest BCUT2D eigenvalue weighted by atomic mass is 10.2. The normalized spacial score (nSPS) is 14.8. The van der Waals surface area contributed by atoms with Gasteiger partial charge in [-0.15, -0.1) is 0 Å². The SMILES string of the molecule is CCCc1c(Cl)c(C(F)(F)F)nn1CC(=O)N1CCN(c2ccc(Cl)c(OC)c2)CC1. The first-order valence-corrected chi connectivity index (χ1v) is 10.6. The number of piperazine rings is 1. The molecule has 0 spiro atoms. The van der Waals surface area contributed by atoms with Crippen molar-refractivity contribution in [3.63, 3.8) is 0 Å². The molecule has 1 aliphatic rings. The second-order valence-corrected chi connectivity index (χ2v) is 7.99. The molecule has 3 rings (SSSR count). The largest absolute Gasteiger partial charge is 0.495 e.